The minimum Gasteiger partial charge on any atom is -0.489 e. The Morgan fingerprint density at radius 3 is 2.00 bits per heavy atom. The van der Waals surface area contributed by atoms with Crippen molar-refractivity contribution in [3.8, 4) is 11.5 Å². The SMILES string of the molecule is CC(C)COc1ccccc1OCc1ccccc1. The highest BCUT2D eigenvalue weighted by Gasteiger charge is 2.05. The summed E-state index contributed by atoms with van der Waals surface area (Å²) in [5.41, 5.74) is 1.15. The van der Waals surface area contributed by atoms with Gasteiger partial charge in [-0.25, -0.2) is 0 Å². The van der Waals surface area contributed by atoms with Gasteiger partial charge in [0.2, 0.25) is 0 Å². The lowest BCUT2D eigenvalue weighted by atomic mass is 10.2. The van der Waals surface area contributed by atoms with Crippen molar-refractivity contribution in [1.82, 2.24) is 0 Å². The van der Waals surface area contributed by atoms with Crippen LogP contribution in [0.25, 0.3) is 0 Å². The van der Waals surface area contributed by atoms with Crippen molar-refractivity contribution >= 4 is 0 Å². The molecule has 0 aliphatic carbocycles. The number of hydrogen-bond donors (Lipinski definition) is 0. The Labute approximate surface area is 115 Å². The molecule has 0 fully saturated rings. The Balaban J connectivity index is 1.99. The van der Waals surface area contributed by atoms with Gasteiger partial charge in [0, 0.05) is 0 Å². The molecule has 0 bridgehead atoms. The molecular weight excluding hydrogens is 236 g/mol. The number of ether oxygens (including phenoxy) is 2. The lowest BCUT2D eigenvalue weighted by Crippen LogP contribution is -2.06. The number of para-hydroxylation sites is 2. The first-order valence-electron chi connectivity index (χ1n) is 6.64. The predicted molar refractivity (Wildman–Crippen MR) is 77.5 cm³/mol. The lowest BCUT2D eigenvalue weighted by molar-refractivity contribution is 0.240. The molecule has 19 heavy (non-hydrogen) atoms. The maximum atomic E-state index is 5.83. The molecule has 0 N–H and O–H groups in total. The second-order valence-electron chi connectivity index (χ2n) is 4.93. The second kappa shape index (κ2) is 6.83. The van der Waals surface area contributed by atoms with Crippen molar-refractivity contribution in [2.45, 2.75) is 20.5 Å². The summed E-state index contributed by atoms with van der Waals surface area (Å²) >= 11 is 0. The molecule has 100 valence electrons. The minimum atomic E-state index is 0.502. The van der Waals surface area contributed by atoms with Crippen molar-refractivity contribution in [3.05, 3.63) is 60.2 Å². The van der Waals surface area contributed by atoms with Crippen molar-refractivity contribution in [1.29, 1.82) is 0 Å². The van der Waals surface area contributed by atoms with Crippen LogP contribution < -0.4 is 9.47 Å². The first-order valence-corrected chi connectivity index (χ1v) is 6.64. The maximum absolute atomic E-state index is 5.83. The molecule has 2 rings (SSSR count). The third-order valence-electron chi connectivity index (χ3n) is 2.66. The molecule has 0 radical (unpaired) electrons. The summed E-state index contributed by atoms with van der Waals surface area (Å²) in [5, 5.41) is 0. The molecule has 0 unspecified atom stereocenters. The van der Waals surface area contributed by atoms with Gasteiger partial charge >= 0.3 is 0 Å². The fourth-order valence-electron chi connectivity index (χ4n) is 1.68. The maximum Gasteiger partial charge on any atom is 0.161 e. The Kier molecular flexibility index (Phi) is 4.85. The van der Waals surface area contributed by atoms with E-state index in [1.165, 1.54) is 0 Å². The van der Waals surface area contributed by atoms with Crippen molar-refractivity contribution in [2.24, 2.45) is 5.92 Å². The monoisotopic (exact) mass is 256 g/mol. The zero-order chi connectivity index (χ0) is 13.5. The summed E-state index contributed by atoms with van der Waals surface area (Å²) in [7, 11) is 0. The van der Waals surface area contributed by atoms with Crippen molar-refractivity contribution < 1.29 is 9.47 Å². The van der Waals surface area contributed by atoms with Crippen LogP contribution in [0.5, 0.6) is 11.5 Å². The summed E-state index contributed by atoms with van der Waals surface area (Å²) in [6.07, 6.45) is 0. The van der Waals surface area contributed by atoms with Gasteiger partial charge in [0.25, 0.3) is 0 Å². The predicted octanol–water partition coefficient (Wildman–Crippen LogP) is 4.30. The summed E-state index contributed by atoms with van der Waals surface area (Å²) in [5.74, 6) is 2.11. The summed E-state index contributed by atoms with van der Waals surface area (Å²) in [6.45, 7) is 5.52. The Morgan fingerprint density at radius 1 is 0.789 bits per heavy atom. The first-order chi connectivity index (χ1) is 9.25. The standard InChI is InChI=1S/C17H20O2/c1-14(2)12-18-16-10-6-7-11-17(16)19-13-15-8-4-3-5-9-15/h3-11,14H,12-13H2,1-2H3. The molecular formula is C17H20O2. The van der Waals surface area contributed by atoms with Crippen LogP contribution in [0.3, 0.4) is 0 Å². The zero-order valence-electron chi connectivity index (χ0n) is 11.5. The van der Waals surface area contributed by atoms with E-state index in [4.69, 9.17) is 9.47 Å². The molecule has 0 saturated carbocycles. The van der Waals surface area contributed by atoms with E-state index in [1.54, 1.807) is 0 Å². The molecule has 2 aromatic carbocycles. The topological polar surface area (TPSA) is 18.5 Å². The van der Waals surface area contributed by atoms with Crippen LogP contribution >= 0.6 is 0 Å². The second-order valence-corrected chi connectivity index (χ2v) is 4.93. The number of rotatable bonds is 6. The molecule has 0 aromatic heterocycles. The average Bonchev–Trinajstić information content (AvgIpc) is 2.45. The van der Waals surface area contributed by atoms with E-state index in [0.29, 0.717) is 19.1 Å². The molecule has 2 aromatic rings. The molecule has 0 atom stereocenters. The van der Waals surface area contributed by atoms with E-state index in [-0.39, 0.29) is 0 Å². The highest BCUT2D eigenvalue weighted by molar-refractivity contribution is 5.39. The van der Waals surface area contributed by atoms with Crippen LogP contribution in [0.2, 0.25) is 0 Å². The molecule has 0 amide bonds. The lowest BCUT2D eigenvalue weighted by Gasteiger charge is -2.13. The van der Waals surface area contributed by atoms with Crippen molar-refractivity contribution in [2.75, 3.05) is 6.61 Å². The van der Waals surface area contributed by atoms with Crippen molar-refractivity contribution in [3.63, 3.8) is 0 Å². The van der Waals surface area contributed by atoms with Gasteiger partial charge in [-0.05, 0) is 23.6 Å². The molecule has 2 nitrogen and oxygen atoms in total. The highest BCUT2D eigenvalue weighted by Crippen LogP contribution is 2.27. The van der Waals surface area contributed by atoms with Gasteiger partial charge in [-0.2, -0.15) is 0 Å². The van der Waals surface area contributed by atoms with Crippen LogP contribution in [0.4, 0.5) is 0 Å². The van der Waals surface area contributed by atoms with E-state index < -0.39 is 0 Å². The molecule has 0 spiro atoms. The Hall–Kier alpha value is -1.96. The average molecular weight is 256 g/mol. The fraction of sp³-hybridized carbons (Fsp3) is 0.294. The largest absolute Gasteiger partial charge is 0.489 e. The highest BCUT2D eigenvalue weighted by atomic mass is 16.5. The van der Waals surface area contributed by atoms with E-state index in [9.17, 15) is 0 Å². The quantitative estimate of drug-likeness (QED) is 0.767. The summed E-state index contributed by atoms with van der Waals surface area (Å²) in [6, 6.07) is 18.0. The number of hydrogen-bond acceptors (Lipinski definition) is 2. The Bertz CT molecular complexity index is 492. The van der Waals surface area contributed by atoms with Crippen LogP contribution in [-0.2, 0) is 6.61 Å². The summed E-state index contributed by atoms with van der Waals surface area (Å²) < 4.78 is 11.6. The van der Waals surface area contributed by atoms with Gasteiger partial charge in [-0.15, -0.1) is 0 Å². The van der Waals surface area contributed by atoms with Crippen LogP contribution in [-0.4, -0.2) is 6.61 Å². The van der Waals surface area contributed by atoms with Crippen LogP contribution in [0, 0.1) is 5.92 Å². The third-order valence-corrected chi connectivity index (χ3v) is 2.66. The first kappa shape index (κ1) is 13.5. The fourth-order valence-corrected chi connectivity index (χ4v) is 1.68. The molecule has 0 aliphatic rings. The molecule has 2 heteroatoms. The minimum absolute atomic E-state index is 0.502. The van der Waals surface area contributed by atoms with Gasteiger partial charge in [0.1, 0.15) is 6.61 Å². The number of benzene rings is 2. The van der Waals surface area contributed by atoms with Crippen LogP contribution in [0.1, 0.15) is 19.4 Å². The van der Waals surface area contributed by atoms with E-state index in [0.717, 1.165) is 17.1 Å². The molecule has 0 saturated heterocycles. The van der Waals surface area contributed by atoms with E-state index in [1.807, 2.05) is 42.5 Å². The van der Waals surface area contributed by atoms with Crippen LogP contribution in [0.15, 0.2) is 54.6 Å². The normalized spacial score (nSPS) is 10.5. The molecule has 0 aliphatic heterocycles. The third kappa shape index (κ3) is 4.32. The van der Waals surface area contributed by atoms with Gasteiger partial charge in [-0.1, -0.05) is 56.3 Å². The summed E-state index contributed by atoms with van der Waals surface area (Å²) in [4.78, 5) is 0. The smallest absolute Gasteiger partial charge is 0.161 e. The van der Waals surface area contributed by atoms with E-state index in [2.05, 4.69) is 26.0 Å². The zero-order valence-corrected chi connectivity index (χ0v) is 11.5. The van der Waals surface area contributed by atoms with Gasteiger partial charge in [0.15, 0.2) is 11.5 Å². The molecule has 0 heterocycles. The van der Waals surface area contributed by atoms with Gasteiger partial charge < -0.3 is 9.47 Å². The Morgan fingerprint density at radius 2 is 1.37 bits per heavy atom. The van der Waals surface area contributed by atoms with E-state index >= 15 is 0 Å². The van der Waals surface area contributed by atoms with Gasteiger partial charge in [0.05, 0.1) is 6.61 Å². The van der Waals surface area contributed by atoms with Gasteiger partial charge in [-0.3, -0.25) is 0 Å².